The lowest BCUT2D eigenvalue weighted by molar-refractivity contribution is -0.133. The number of halogens is 2. The number of imide groups is 1. The van der Waals surface area contributed by atoms with Gasteiger partial charge in [-0.25, -0.2) is 4.79 Å². The number of alkyl halides is 2. The van der Waals surface area contributed by atoms with Gasteiger partial charge in [-0.05, 0) is 68.1 Å². The van der Waals surface area contributed by atoms with E-state index in [0.717, 1.165) is 17.9 Å². The molecule has 2 aliphatic rings. The highest BCUT2D eigenvalue weighted by Gasteiger charge is 2.52. The number of hydrazine groups is 1. The fourth-order valence-corrected chi connectivity index (χ4v) is 3.51. The second-order valence-electron chi connectivity index (χ2n) is 6.80. The highest BCUT2D eigenvalue weighted by molar-refractivity contribution is 7.80. The van der Waals surface area contributed by atoms with Crippen molar-refractivity contribution in [3.63, 3.8) is 0 Å². The van der Waals surface area contributed by atoms with Crippen molar-refractivity contribution in [2.75, 3.05) is 5.32 Å². The van der Waals surface area contributed by atoms with Gasteiger partial charge in [0.25, 0.3) is 5.91 Å². The second kappa shape index (κ2) is 7.63. The van der Waals surface area contributed by atoms with E-state index in [2.05, 4.69) is 27.7 Å². The summed E-state index contributed by atoms with van der Waals surface area (Å²) in [6.45, 7) is -0.776. The predicted octanol–water partition coefficient (Wildman–Crippen LogP) is 2.99. The number of amides is 3. The number of hydrogen-bond acceptors (Lipinski definition) is 4. The molecule has 3 rings (SSSR count). The molecule has 1 aromatic carbocycles. The van der Waals surface area contributed by atoms with E-state index in [0.29, 0.717) is 24.4 Å². The van der Waals surface area contributed by atoms with Gasteiger partial charge in [0.1, 0.15) is 11.3 Å². The largest absolute Gasteiger partial charge is 0.435 e. The summed E-state index contributed by atoms with van der Waals surface area (Å²) in [6.07, 6.45) is 2.94. The smallest absolute Gasteiger partial charge is 0.387 e. The molecule has 1 saturated heterocycles. The summed E-state index contributed by atoms with van der Waals surface area (Å²) in [5.74, 6) is 0.198. The predicted molar refractivity (Wildman–Crippen MR) is 98.2 cm³/mol. The molecule has 0 atom stereocenters. The van der Waals surface area contributed by atoms with E-state index >= 15 is 0 Å². The zero-order valence-corrected chi connectivity index (χ0v) is 15.4. The van der Waals surface area contributed by atoms with Crippen molar-refractivity contribution < 1.29 is 23.1 Å². The van der Waals surface area contributed by atoms with Crippen LogP contribution in [0.3, 0.4) is 0 Å². The molecule has 7 nitrogen and oxygen atoms in total. The first kappa shape index (κ1) is 19.3. The van der Waals surface area contributed by atoms with Crippen LogP contribution in [0.15, 0.2) is 24.3 Å². The van der Waals surface area contributed by atoms with Gasteiger partial charge in [0.05, 0.1) is 0 Å². The molecule has 146 valence electrons. The number of benzene rings is 1. The third kappa shape index (κ3) is 4.26. The number of hydrogen-bond donors (Lipinski definition) is 3. The minimum atomic E-state index is -2.90. The first-order valence-corrected chi connectivity index (χ1v) is 8.99. The lowest BCUT2D eigenvalue weighted by Crippen LogP contribution is -2.52. The third-order valence-electron chi connectivity index (χ3n) is 4.84. The summed E-state index contributed by atoms with van der Waals surface area (Å²) in [7, 11) is 0. The van der Waals surface area contributed by atoms with Crippen LogP contribution >= 0.6 is 12.2 Å². The lowest BCUT2D eigenvalue weighted by atomic mass is 9.77. The molecule has 1 aromatic rings. The average Bonchev–Trinajstić information content (AvgIpc) is 2.83. The Morgan fingerprint density at radius 1 is 1.30 bits per heavy atom. The van der Waals surface area contributed by atoms with Gasteiger partial charge in [0.15, 0.2) is 5.11 Å². The summed E-state index contributed by atoms with van der Waals surface area (Å²) < 4.78 is 28.6. The maximum atomic E-state index is 12.7. The Hall–Kier alpha value is -2.49. The Balaban J connectivity index is 1.59. The van der Waals surface area contributed by atoms with Gasteiger partial charge >= 0.3 is 12.6 Å². The molecule has 1 spiro atoms. The van der Waals surface area contributed by atoms with Crippen LogP contribution in [-0.4, -0.2) is 34.2 Å². The minimum absolute atomic E-state index is 0.0111. The van der Waals surface area contributed by atoms with E-state index in [9.17, 15) is 18.4 Å². The van der Waals surface area contributed by atoms with Crippen molar-refractivity contribution in [1.82, 2.24) is 15.8 Å². The van der Waals surface area contributed by atoms with Gasteiger partial charge < -0.3 is 15.4 Å². The number of urea groups is 1. The van der Waals surface area contributed by atoms with Gasteiger partial charge in [0, 0.05) is 5.69 Å². The molecule has 0 radical (unpaired) electrons. The van der Waals surface area contributed by atoms with Crippen molar-refractivity contribution in [3.05, 3.63) is 24.3 Å². The summed E-state index contributed by atoms with van der Waals surface area (Å²) >= 11 is 5.14. The Labute approximate surface area is 160 Å². The van der Waals surface area contributed by atoms with Crippen molar-refractivity contribution in [1.29, 1.82) is 0 Å². The van der Waals surface area contributed by atoms with E-state index in [1.165, 1.54) is 24.3 Å². The summed E-state index contributed by atoms with van der Waals surface area (Å²) in [6, 6.07) is 5.13. The molecular weight excluding hydrogens is 378 g/mol. The molecule has 2 fully saturated rings. The van der Waals surface area contributed by atoms with Gasteiger partial charge in [-0.3, -0.25) is 10.2 Å². The number of carbonyl (C=O) groups excluding carboxylic acids is 2. The van der Waals surface area contributed by atoms with Crippen molar-refractivity contribution >= 4 is 35.0 Å². The fraction of sp³-hybridized carbons (Fsp3) is 0.471. The normalized spacial score (nSPS) is 24.9. The van der Waals surface area contributed by atoms with Crippen LogP contribution in [0.4, 0.5) is 19.3 Å². The molecule has 0 unspecified atom stereocenters. The molecule has 1 aliphatic heterocycles. The van der Waals surface area contributed by atoms with Gasteiger partial charge in [-0.2, -0.15) is 13.8 Å². The number of nitrogens with one attached hydrogen (secondary N) is 3. The van der Waals surface area contributed by atoms with Crippen molar-refractivity contribution in [2.24, 2.45) is 5.92 Å². The lowest BCUT2D eigenvalue weighted by Gasteiger charge is -2.33. The van der Waals surface area contributed by atoms with Crippen molar-refractivity contribution in [2.45, 2.75) is 44.8 Å². The minimum Gasteiger partial charge on any atom is -0.435 e. The van der Waals surface area contributed by atoms with Gasteiger partial charge in [0.2, 0.25) is 0 Å². The van der Waals surface area contributed by atoms with Crippen molar-refractivity contribution in [3.8, 4) is 5.75 Å². The number of nitrogens with zero attached hydrogens (tertiary/aromatic N) is 1. The molecule has 3 N–H and O–H groups in total. The van der Waals surface area contributed by atoms with Crippen LogP contribution in [-0.2, 0) is 4.79 Å². The van der Waals surface area contributed by atoms with E-state index in [1.807, 2.05) is 0 Å². The Bertz CT molecular complexity index is 736. The number of thiocarbonyl (C=S) groups is 1. The molecule has 1 heterocycles. The van der Waals surface area contributed by atoms with E-state index in [1.54, 1.807) is 0 Å². The third-order valence-corrected chi connectivity index (χ3v) is 5.03. The van der Waals surface area contributed by atoms with E-state index in [-0.39, 0.29) is 16.8 Å². The Kier molecular flexibility index (Phi) is 5.45. The Morgan fingerprint density at radius 3 is 2.52 bits per heavy atom. The van der Waals surface area contributed by atoms with E-state index in [4.69, 9.17) is 12.2 Å². The van der Waals surface area contributed by atoms with Gasteiger partial charge in [-0.1, -0.05) is 6.92 Å². The van der Waals surface area contributed by atoms with Crippen LogP contribution in [0.1, 0.15) is 32.6 Å². The maximum Gasteiger partial charge on any atom is 0.387 e. The maximum absolute atomic E-state index is 12.7. The number of anilines is 1. The van der Waals surface area contributed by atoms with Crippen LogP contribution < -0.4 is 20.8 Å². The highest BCUT2D eigenvalue weighted by Crippen LogP contribution is 2.35. The van der Waals surface area contributed by atoms with Crippen LogP contribution in [0.2, 0.25) is 0 Å². The zero-order valence-electron chi connectivity index (χ0n) is 14.6. The molecular formula is C17H20F2N4O3S. The SMILES string of the molecule is CC1CCC2(CC1)NC(=O)N(NC(=S)Nc1ccc(OC(F)F)cc1)C2=O. The zero-order chi connectivity index (χ0) is 19.6. The summed E-state index contributed by atoms with van der Waals surface area (Å²) in [5.41, 5.74) is 2.22. The summed E-state index contributed by atoms with van der Waals surface area (Å²) in [5, 5.41) is 6.50. The van der Waals surface area contributed by atoms with E-state index < -0.39 is 18.2 Å². The molecule has 1 saturated carbocycles. The second-order valence-corrected chi connectivity index (χ2v) is 7.21. The summed E-state index contributed by atoms with van der Waals surface area (Å²) in [4.78, 5) is 25.0. The molecule has 0 bridgehead atoms. The Morgan fingerprint density at radius 2 is 1.93 bits per heavy atom. The quantitative estimate of drug-likeness (QED) is 0.534. The molecule has 27 heavy (non-hydrogen) atoms. The van der Waals surface area contributed by atoms with Gasteiger partial charge in [-0.15, -0.1) is 0 Å². The molecule has 1 aliphatic carbocycles. The average molecular weight is 398 g/mol. The molecule has 3 amide bonds. The van der Waals surface area contributed by atoms with Crippen LogP contribution in [0.25, 0.3) is 0 Å². The first-order chi connectivity index (χ1) is 12.8. The number of ether oxygens (including phenoxy) is 1. The van der Waals surface area contributed by atoms with Crippen LogP contribution in [0.5, 0.6) is 5.75 Å². The monoisotopic (exact) mass is 398 g/mol. The molecule has 10 heteroatoms. The number of rotatable bonds is 4. The van der Waals surface area contributed by atoms with Crippen LogP contribution in [0, 0.1) is 5.92 Å². The highest BCUT2D eigenvalue weighted by atomic mass is 32.1. The number of carbonyl (C=O) groups is 2. The standard InChI is InChI=1S/C17H20F2N4O3S/c1-10-6-8-17(9-7-10)13(24)23(16(25)21-17)22-15(27)20-11-2-4-12(5-3-11)26-14(18)19/h2-5,10,14H,6-9H2,1H3,(H,21,25)(H2,20,22,27). The molecule has 0 aromatic heterocycles. The topological polar surface area (TPSA) is 82.7 Å². The first-order valence-electron chi connectivity index (χ1n) is 8.58. The fourth-order valence-electron chi connectivity index (χ4n) is 3.30.